The lowest BCUT2D eigenvalue weighted by Gasteiger charge is -2.32. The Labute approximate surface area is 112 Å². The molecule has 1 rings (SSSR count). The van der Waals surface area contributed by atoms with Gasteiger partial charge in [-0.3, -0.25) is 4.79 Å². The Morgan fingerprint density at radius 3 is 2.11 bits per heavy atom. The van der Waals surface area contributed by atoms with E-state index in [1.165, 1.54) is 0 Å². The van der Waals surface area contributed by atoms with Crippen LogP contribution >= 0.6 is 0 Å². The Bertz CT molecular complexity index is 283. The van der Waals surface area contributed by atoms with E-state index in [1.807, 2.05) is 6.92 Å². The third-order valence-electron chi connectivity index (χ3n) is 4.00. The van der Waals surface area contributed by atoms with E-state index in [2.05, 4.69) is 34.6 Å². The number of hydrogen-bond donors (Lipinski definition) is 0. The van der Waals surface area contributed by atoms with Crippen molar-refractivity contribution in [3.8, 4) is 0 Å². The molecule has 18 heavy (non-hydrogen) atoms. The molecule has 0 aliphatic carbocycles. The number of rotatable bonds is 6. The van der Waals surface area contributed by atoms with Crippen LogP contribution in [-0.4, -0.2) is 24.1 Å². The van der Waals surface area contributed by atoms with Crippen molar-refractivity contribution >= 4 is 12.9 Å². The van der Waals surface area contributed by atoms with Gasteiger partial charge in [-0.2, -0.15) is 0 Å². The number of ketones is 1. The van der Waals surface area contributed by atoms with Crippen LogP contribution in [0.1, 0.15) is 60.8 Å². The summed E-state index contributed by atoms with van der Waals surface area (Å²) in [5.41, 5.74) is -0.546. The fourth-order valence-corrected chi connectivity index (χ4v) is 2.24. The Morgan fingerprint density at radius 1 is 1.17 bits per heavy atom. The second-order valence-corrected chi connectivity index (χ2v) is 6.52. The molecule has 0 bridgehead atoms. The van der Waals surface area contributed by atoms with E-state index in [0.29, 0.717) is 24.5 Å². The van der Waals surface area contributed by atoms with Crippen LogP contribution in [0.15, 0.2) is 0 Å². The van der Waals surface area contributed by atoms with Crippen LogP contribution in [0.3, 0.4) is 0 Å². The Balaban J connectivity index is 2.43. The molecule has 1 saturated heterocycles. The number of carbonyl (C=O) groups excluding carboxylic acids is 1. The van der Waals surface area contributed by atoms with Crippen LogP contribution in [-0.2, 0) is 14.1 Å². The Hall–Kier alpha value is -0.345. The standard InChI is InChI=1S/C14H27BO3/c1-7-8-12(16)9-11(2)10-15-17-13(3,4)14(5,6)18-15/h11H,7-10H2,1-6H3. The van der Waals surface area contributed by atoms with Gasteiger partial charge in [-0.1, -0.05) is 13.8 Å². The third kappa shape index (κ3) is 3.82. The van der Waals surface area contributed by atoms with Gasteiger partial charge in [0, 0.05) is 12.8 Å². The maximum atomic E-state index is 11.6. The molecule has 1 unspecified atom stereocenters. The van der Waals surface area contributed by atoms with Gasteiger partial charge in [0.15, 0.2) is 0 Å². The molecule has 0 radical (unpaired) electrons. The summed E-state index contributed by atoms with van der Waals surface area (Å²) in [6, 6.07) is 0. The molecule has 0 saturated carbocycles. The van der Waals surface area contributed by atoms with E-state index in [1.54, 1.807) is 0 Å². The largest absolute Gasteiger partial charge is 0.458 e. The van der Waals surface area contributed by atoms with Crippen molar-refractivity contribution in [1.29, 1.82) is 0 Å². The molecule has 1 fully saturated rings. The Kier molecular flexibility index (Phi) is 5.01. The molecular weight excluding hydrogens is 227 g/mol. The second-order valence-electron chi connectivity index (χ2n) is 6.52. The number of Topliss-reactive ketones (excluding diaryl/α,β-unsaturated/α-hetero) is 1. The minimum absolute atomic E-state index is 0.181. The molecule has 0 aromatic heterocycles. The van der Waals surface area contributed by atoms with Gasteiger partial charge in [0.2, 0.25) is 0 Å². The summed E-state index contributed by atoms with van der Waals surface area (Å²) in [5, 5.41) is 0. The Morgan fingerprint density at radius 2 is 1.67 bits per heavy atom. The topological polar surface area (TPSA) is 35.5 Å². The summed E-state index contributed by atoms with van der Waals surface area (Å²) < 4.78 is 11.9. The molecule has 1 heterocycles. The van der Waals surface area contributed by atoms with Gasteiger partial charge < -0.3 is 9.31 Å². The molecule has 0 aromatic rings. The highest BCUT2D eigenvalue weighted by atomic mass is 16.7. The van der Waals surface area contributed by atoms with Gasteiger partial charge in [0.1, 0.15) is 5.78 Å². The van der Waals surface area contributed by atoms with Crippen LogP contribution in [0, 0.1) is 5.92 Å². The lowest BCUT2D eigenvalue weighted by atomic mass is 9.76. The molecule has 1 atom stereocenters. The summed E-state index contributed by atoms with van der Waals surface area (Å²) in [5.74, 6) is 0.667. The van der Waals surface area contributed by atoms with E-state index >= 15 is 0 Å². The van der Waals surface area contributed by atoms with Crippen LogP contribution in [0.25, 0.3) is 0 Å². The molecule has 0 spiro atoms. The van der Waals surface area contributed by atoms with Crippen LogP contribution in [0.2, 0.25) is 6.32 Å². The highest BCUT2D eigenvalue weighted by Crippen LogP contribution is 2.38. The molecule has 3 nitrogen and oxygen atoms in total. The average Bonchev–Trinajstić information content (AvgIpc) is 2.33. The monoisotopic (exact) mass is 254 g/mol. The molecule has 1 aliphatic rings. The first-order valence-electron chi connectivity index (χ1n) is 7.05. The van der Waals surface area contributed by atoms with Crippen molar-refractivity contribution in [3.63, 3.8) is 0 Å². The molecule has 0 aromatic carbocycles. The maximum absolute atomic E-state index is 11.6. The zero-order chi connectivity index (χ0) is 14.0. The summed E-state index contributed by atoms with van der Waals surface area (Å²) in [6.07, 6.45) is 3.05. The van der Waals surface area contributed by atoms with E-state index in [4.69, 9.17) is 9.31 Å². The van der Waals surface area contributed by atoms with Crippen molar-refractivity contribution in [3.05, 3.63) is 0 Å². The SMILES string of the molecule is CCCC(=O)CC(C)CB1OC(C)(C)C(C)(C)O1. The molecule has 0 N–H and O–H groups in total. The molecule has 0 amide bonds. The lowest BCUT2D eigenvalue weighted by Crippen LogP contribution is -2.41. The first-order chi connectivity index (χ1) is 8.18. The molecule has 1 aliphatic heterocycles. The molecule has 4 heteroatoms. The first kappa shape index (κ1) is 15.7. The normalized spacial score (nSPS) is 23.1. The van der Waals surface area contributed by atoms with Gasteiger partial charge in [-0.25, -0.2) is 0 Å². The quantitative estimate of drug-likeness (QED) is 0.681. The van der Waals surface area contributed by atoms with Crippen molar-refractivity contribution in [2.24, 2.45) is 5.92 Å². The number of carbonyl (C=O) groups is 1. The highest BCUT2D eigenvalue weighted by molar-refractivity contribution is 6.45. The van der Waals surface area contributed by atoms with E-state index < -0.39 is 0 Å². The van der Waals surface area contributed by atoms with Gasteiger partial charge in [0.05, 0.1) is 11.2 Å². The van der Waals surface area contributed by atoms with Crippen molar-refractivity contribution in [1.82, 2.24) is 0 Å². The molecular formula is C14H27BO3. The third-order valence-corrected chi connectivity index (χ3v) is 4.00. The van der Waals surface area contributed by atoms with E-state index in [9.17, 15) is 4.79 Å². The second kappa shape index (κ2) is 5.75. The van der Waals surface area contributed by atoms with Crippen LogP contribution in [0.4, 0.5) is 0 Å². The first-order valence-corrected chi connectivity index (χ1v) is 7.05. The molecule has 104 valence electrons. The van der Waals surface area contributed by atoms with Crippen molar-refractivity contribution < 1.29 is 14.1 Å². The van der Waals surface area contributed by atoms with Crippen molar-refractivity contribution in [2.45, 2.75) is 78.3 Å². The zero-order valence-electron chi connectivity index (χ0n) is 12.7. The highest BCUT2D eigenvalue weighted by Gasteiger charge is 2.51. The van der Waals surface area contributed by atoms with Gasteiger partial charge in [0.25, 0.3) is 0 Å². The average molecular weight is 254 g/mol. The predicted molar refractivity (Wildman–Crippen MR) is 74.6 cm³/mol. The summed E-state index contributed by atoms with van der Waals surface area (Å²) in [6.45, 7) is 12.4. The van der Waals surface area contributed by atoms with Crippen LogP contribution in [0.5, 0.6) is 0 Å². The van der Waals surface area contributed by atoms with Crippen molar-refractivity contribution in [2.75, 3.05) is 0 Å². The summed E-state index contributed by atoms with van der Waals surface area (Å²) in [7, 11) is -0.181. The van der Waals surface area contributed by atoms with E-state index in [-0.39, 0.29) is 18.3 Å². The van der Waals surface area contributed by atoms with E-state index in [0.717, 1.165) is 12.7 Å². The summed E-state index contributed by atoms with van der Waals surface area (Å²) in [4.78, 5) is 11.6. The smallest absolute Gasteiger partial charge is 0.403 e. The van der Waals surface area contributed by atoms with Gasteiger partial charge in [-0.15, -0.1) is 0 Å². The maximum Gasteiger partial charge on any atom is 0.458 e. The van der Waals surface area contributed by atoms with Gasteiger partial charge in [-0.05, 0) is 46.4 Å². The minimum atomic E-state index is -0.273. The van der Waals surface area contributed by atoms with Gasteiger partial charge >= 0.3 is 7.12 Å². The van der Waals surface area contributed by atoms with Crippen LogP contribution < -0.4 is 0 Å². The fraction of sp³-hybridized carbons (Fsp3) is 0.929. The minimum Gasteiger partial charge on any atom is -0.403 e. The fourth-order valence-electron chi connectivity index (χ4n) is 2.24. The summed E-state index contributed by atoms with van der Waals surface area (Å²) >= 11 is 0. The number of hydrogen-bond acceptors (Lipinski definition) is 3. The predicted octanol–water partition coefficient (Wildman–Crippen LogP) is 3.47. The lowest BCUT2D eigenvalue weighted by molar-refractivity contribution is -0.119. The zero-order valence-corrected chi connectivity index (χ0v) is 12.7.